The fraction of sp³-hybridized carbons (Fsp3) is 0.357. The monoisotopic (exact) mass is 307 g/mol. The van der Waals surface area contributed by atoms with E-state index < -0.39 is 0 Å². The van der Waals surface area contributed by atoms with E-state index in [1.165, 1.54) is 11.3 Å². The summed E-state index contributed by atoms with van der Waals surface area (Å²) in [6.45, 7) is 5.03. The van der Waals surface area contributed by atoms with Gasteiger partial charge in [0.2, 0.25) is 5.13 Å². The molecule has 1 aromatic heterocycles. The van der Waals surface area contributed by atoms with Crippen molar-refractivity contribution in [1.29, 1.82) is 0 Å². The number of ether oxygens (including phenoxy) is 2. The Morgan fingerprint density at radius 1 is 1.29 bits per heavy atom. The number of hydrogen-bond acceptors (Lipinski definition) is 6. The standard InChI is InChI=1S/C14H17N3O3S/c1-3-7-20-11-6-5-10(8-12(11)19-4-2)13(18)16-14-17-15-9-21-14/h5-6,8-9H,3-4,7H2,1-2H3,(H,16,17,18). The van der Waals surface area contributed by atoms with Crippen LogP contribution in [0.5, 0.6) is 11.5 Å². The van der Waals surface area contributed by atoms with E-state index in [-0.39, 0.29) is 5.91 Å². The van der Waals surface area contributed by atoms with E-state index in [9.17, 15) is 4.79 Å². The molecule has 2 rings (SSSR count). The second kappa shape index (κ2) is 7.58. The predicted molar refractivity (Wildman–Crippen MR) is 81.3 cm³/mol. The van der Waals surface area contributed by atoms with Crippen molar-refractivity contribution in [2.24, 2.45) is 0 Å². The van der Waals surface area contributed by atoms with Crippen molar-refractivity contribution < 1.29 is 14.3 Å². The van der Waals surface area contributed by atoms with E-state index in [4.69, 9.17) is 9.47 Å². The molecule has 6 nitrogen and oxygen atoms in total. The van der Waals surface area contributed by atoms with Gasteiger partial charge in [0.15, 0.2) is 11.5 Å². The highest BCUT2D eigenvalue weighted by molar-refractivity contribution is 7.13. The number of anilines is 1. The summed E-state index contributed by atoms with van der Waals surface area (Å²) < 4.78 is 11.1. The molecule has 0 aliphatic rings. The molecule has 7 heteroatoms. The molecule has 0 aliphatic carbocycles. The van der Waals surface area contributed by atoms with Crippen LogP contribution in [0.25, 0.3) is 0 Å². The minimum Gasteiger partial charge on any atom is -0.490 e. The molecular weight excluding hydrogens is 290 g/mol. The predicted octanol–water partition coefficient (Wildman–Crippen LogP) is 2.98. The SMILES string of the molecule is CCCOc1ccc(C(=O)Nc2nncs2)cc1OCC. The molecule has 1 amide bonds. The van der Waals surface area contributed by atoms with Gasteiger partial charge in [-0.2, -0.15) is 0 Å². The molecule has 0 spiro atoms. The Morgan fingerprint density at radius 2 is 2.14 bits per heavy atom. The zero-order chi connectivity index (χ0) is 15.1. The highest BCUT2D eigenvalue weighted by Crippen LogP contribution is 2.29. The van der Waals surface area contributed by atoms with Crippen LogP contribution in [0, 0.1) is 0 Å². The number of benzene rings is 1. The van der Waals surface area contributed by atoms with Crippen LogP contribution in [-0.4, -0.2) is 29.3 Å². The molecule has 0 aliphatic heterocycles. The summed E-state index contributed by atoms with van der Waals surface area (Å²) in [5, 5.41) is 10.6. The first kappa shape index (κ1) is 15.2. The molecule has 112 valence electrons. The number of nitrogens with zero attached hydrogens (tertiary/aromatic N) is 2. The van der Waals surface area contributed by atoms with Crippen molar-refractivity contribution in [3.63, 3.8) is 0 Å². The molecule has 0 unspecified atom stereocenters. The lowest BCUT2D eigenvalue weighted by Gasteiger charge is -2.12. The van der Waals surface area contributed by atoms with Crippen molar-refractivity contribution in [2.75, 3.05) is 18.5 Å². The van der Waals surface area contributed by atoms with Crippen LogP contribution in [0.2, 0.25) is 0 Å². The van der Waals surface area contributed by atoms with Crippen LogP contribution in [0.1, 0.15) is 30.6 Å². The Kier molecular flexibility index (Phi) is 5.51. The third-order valence-corrected chi connectivity index (χ3v) is 3.15. The van der Waals surface area contributed by atoms with Gasteiger partial charge in [0, 0.05) is 5.56 Å². The highest BCUT2D eigenvalue weighted by atomic mass is 32.1. The van der Waals surface area contributed by atoms with Gasteiger partial charge in [-0.25, -0.2) is 0 Å². The smallest absolute Gasteiger partial charge is 0.257 e. The van der Waals surface area contributed by atoms with Crippen molar-refractivity contribution in [3.05, 3.63) is 29.3 Å². The van der Waals surface area contributed by atoms with E-state index in [0.29, 0.717) is 35.4 Å². The van der Waals surface area contributed by atoms with Gasteiger partial charge in [-0.15, -0.1) is 10.2 Å². The Morgan fingerprint density at radius 3 is 2.81 bits per heavy atom. The largest absolute Gasteiger partial charge is 0.490 e. The summed E-state index contributed by atoms with van der Waals surface area (Å²) in [6.07, 6.45) is 0.908. The van der Waals surface area contributed by atoms with Crippen LogP contribution in [0.3, 0.4) is 0 Å². The summed E-state index contributed by atoms with van der Waals surface area (Å²) >= 11 is 1.26. The van der Waals surface area contributed by atoms with Crippen molar-refractivity contribution in [3.8, 4) is 11.5 Å². The van der Waals surface area contributed by atoms with Crippen LogP contribution >= 0.6 is 11.3 Å². The summed E-state index contributed by atoms with van der Waals surface area (Å²) in [5.41, 5.74) is 2.04. The van der Waals surface area contributed by atoms with E-state index in [0.717, 1.165) is 6.42 Å². The summed E-state index contributed by atoms with van der Waals surface area (Å²) in [6, 6.07) is 5.12. The van der Waals surface area contributed by atoms with Crippen LogP contribution < -0.4 is 14.8 Å². The van der Waals surface area contributed by atoms with Crippen molar-refractivity contribution >= 4 is 22.4 Å². The van der Waals surface area contributed by atoms with Crippen molar-refractivity contribution in [1.82, 2.24) is 10.2 Å². The number of carbonyl (C=O) groups is 1. The molecule has 21 heavy (non-hydrogen) atoms. The maximum absolute atomic E-state index is 12.1. The second-order valence-electron chi connectivity index (χ2n) is 4.14. The van der Waals surface area contributed by atoms with Gasteiger partial charge in [-0.3, -0.25) is 10.1 Å². The molecule has 0 radical (unpaired) electrons. The average Bonchev–Trinajstić information content (AvgIpc) is 2.99. The third kappa shape index (κ3) is 4.16. The Hall–Kier alpha value is -2.15. The van der Waals surface area contributed by atoms with Crippen molar-refractivity contribution in [2.45, 2.75) is 20.3 Å². The van der Waals surface area contributed by atoms with E-state index >= 15 is 0 Å². The van der Waals surface area contributed by atoms with E-state index in [1.54, 1.807) is 23.7 Å². The van der Waals surface area contributed by atoms with Crippen LogP contribution in [0.4, 0.5) is 5.13 Å². The first-order valence-electron chi connectivity index (χ1n) is 6.71. The normalized spacial score (nSPS) is 10.2. The molecule has 2 aromatic rings. The molecule has 1 heterocycles. The Labute approximate surface area is 127 Å². The Bertz CT molecular complexity index is 587. The van der Waals surface area contributed by atoms with Gasteiger partial charge in [-0.1, -0.05) is 18.3 Å². The number of hydrogen-bond donors (Lipinski definition) is 1. The van der Waals surface area contributed by atoms with Gasteiger partial charge >= 0.3 is 0 Å². The minimum absolute atomic E-state index is 0.255. The van der Waals surface area contributed by atoms with Crippen LogP contribution in [-0.2, 0) is 0 Å². The fourth-order valence-corrected chi connectivity index (χ4v) is 2.09. The molecule has 0 fully saturated rings. The summed E-state index contributed by atoms with van der Waals surface area (Å²) in [7, 11) is 0. The van der Waals surface area contributed by atoms with Crippen LogP contribution in [0.15, 0.2) is 23.7 Å². The molecular formula is C14H17N3O3S. The molecule has 1 aromatic carbocycles. The number of carbonyl (C=O) groups excluding carboxylic acids is 1. The molecule has 0 atom stereocenters. The first-order chi connectivity index (χ1) is 10.2. The van der Waals surface area contributed by atoms with Gasteiger partial charge in [0.1, 0.15) is 5.51 Å². The number of amides is 1. The summed E-state index contributed by atoms with van der Waals surface area (Å²) in [4.78, 5) is 12.1. The molecule has 0 saturated heterocycles. The quantitative estimate of drug-likeness (QED) is 0.851. The zero-order valence-electron chi connectivity index (χ0n) is 12.0. The topological polar surface area (TPSA) is 73.3 Å². The lowest BCUT2D eigenvalue weighted by Crippen LogP contribution is -2.12. The lowest BCUT2D eigenvalue weighted by atomic mass is 10.2. The average molecular weight is 307 g/mol. The summed E-state index contributed by atoms with van der Waals surface area (Å²) in [5.74, 6) is 0.955. The number of aromatic nitrogens is 2. The first-order valence-corrected chi connectivity index (χ1v) is 7.59. The second-order valence-corrected chi connectivity index (χ2v) is 4.97. The van der Waals surface area contributed by atoms with Gasteiger partial charge in [-0.05, 0) is 31.5 Å². The molecule has 1 N–H and O–H groups in total. The van der Waals surface area contributed by atoms with E-state index in [2.05, 4.69) is 15.5 Å². The minimum atomic E-state index is -0.255. The molecule has 0 bridgehead atoms. The van der Waals surface area contributed by atoms with Gasteiger partial charge in [0.05, 0.1) is 13.2 Å². The zero-order valence-corrected chi connectivity index (χ0v) is 12.8. The fourth-order valence-electron chi connectivity index (χ4n) is 1.65. The number of rotatable bonds is 7. The van der Waals surface area contributed by atoms with E-state index in [1.807, 2.05) is 13.8 Å². The lowest BCUT2D eigenvalue weighted by molar-refractivity contribution is 0.102. The van der Waals surface area contributed by atoms with Gasteiger partial charge < -0.3 is 9.47 Å². The van der Waals surface area contributed by atoms with Gasteiger partial charge in [0.25, 0.3) is 5.91 Å². The maximum Gasteiger partial charge on any atom is 0.257 e. The third-order valence-electron chi connectivity index (χ3n) is 2.55. The molecule has 0 saturated carbocycles. The highest BCUT2D eigenvalue weighted by Gasteiger charge is 2.12. The Balaban J connectivity index is 2.16. The number of nitrogens with one attached hydrogen (secondary N) is 1. The maximum atomic E-state index is 12.1.